The van der Waals surface area contributed by atoms with Crippen molar-refractivity contribution < 1.29 is 0 Å². The van der Waals surface area contributed by atoms with Gasteiger partial charge in [-0.3, -0.25) is 4.98 Å². The SMILES string of the molecule is CCN1CCC(CNCc2ccc3cnccc3c2)C1. The minimum Gasteiger partial charge on any atom is -0.312 e. The highest BCUT2D eigenvalue weighted by atomic mass is 15.1. The van der Waals surface area contributed by atoms with Crippen molar-refractivity contribution in [2.24, 2.45) is 5.92 Å². The van der Waals surface area contributed by atoms with Crippen LogP contribution in [0.2, 0.25) is 0 Å². The maximum absolute atomic E-state index is 4.15. The molecule has 0 amide bonds. The zero-order valence-electron chi connectivity index (χ0n) is 12.2. The van der Waals surface area contributed by atoms with Gasteiger partial charge in [-0.2, -0.15) is 0 Å². The maximum atomic E-state index is 4.15. The second-order valence-corrected chi connectivity index (χ2v) is 5.74. The quantitative estimate of drug-likeness (QED) is 0.904. The van der Waals surface area contributed by atoms with Crippen molar-refractivity contribution in [1.29, 1.82) is 0 Å². The van der Waals surface area contributed by atoms with Crippen LogP contribution in [-0.2, 0) is 6.54 Å². The molecule has 3 heteroatoms. The summed E-state index contributed by atoms with van der Waals surface area (Å²) in [6.07, 6.45) is 5.12. The first-order valence-corrected chi connectivity index (χ1v) is 7.61. The Hall–Kier alpha value is -1.45. The van der Waals surface area contributed by atoms with E-state index in [1.807, 2.05) is 12.4 Å². The monoisotopic (exact) mass is 269 g/mol. The third-order valence-electron chi connectivity index (χ3n) is 4.28. The molecule has 3 nitrogen and oxygen atoms in total. The van der Waals surface area contributed by atoms with Crippen LogP contribution in [0.1, 0.15) is 18.9 Å². The summed E-state index contributed by atoms with van der Waals surface area (Å²) in [6.45, 7) is 8.05. The van der Waals surface area contributed by atoms with E-state index in [0.29, 0.717) is 0 Å². The van der Waals surface area contributed by atoms with E-state index in [2.05, 4.69) is 46.4 Å². The molecule has 2 aromatic rings. The fourth-order valence-corrected chi connectivity index (χ4v) is 3.03. The van der Waals surface area contributed by atoms with Crippen LogP contribution in [-0.4, -0.2) is 36.1 Å². The molecule has 1 fully saturated rings. The number of hydrogen-bond donors (Lipinski definition) is 1. The van der Waals surface area contributed by atoms with Crippen molar-refractivity contribution >= 4 is 10.8 Å². The number of rotatable bonds is 5. The summed E-state index contributed by atoms with van der Waals surface area (Å²) in [7, 11) is 0. The summed E-state index contributed by atoms with van der Waals surface area (Å²) < 4.78 is 0. The van der Waals surface area contributed by atoms with Gasteiger partial charge < -0.3 is 10.2 Å². The van der Waals surface area contributed by atoms with Crippen LogP contribution in [0.4, 0.5) is 0 Å². The Morgan fingerprint density at radius 3 is 3.10 bits per heavy atom. The van der Waals surface area contributed by atoms with E-state index in [9.17, 15) is 0 Å². The number of nitrogens with zero attached hydrogens (tertiary/aromatic N) is 2. The number of fused-ring (bicyclic) bond motifs is 1. The fourth-order valence-electron chi connectivity index (χ4n) is 3.03. The van der Waals surface area contributed by atoms with E-state index in [-0.39, 0.29) is 0 Å². The van der Waals surface area contributed by atoms with Crippen LogP contribution >= 0.6 is 0 Å². The molecule has 3 rings (SSSR count). The van der Waals surface area contributed by atoms with Gasteiger partial charge in [0.25, 0.3) is 0 Å². The summed E-state index contributed by atoms with van der Waals surface area (Å²) in [5.74, 6) is 0.819. The second kappa shape index (κ2) is 6.33. The van der Waals surface area contributed by atoms with Crippen LogP contribution in [0.5, 0.6) is 0 Å². The molecule has 0 saturated carbocycles. The summed E-state index contributed by atoms with van der Waals surface area (Å²) >= 11 is 0. The first-order valence-electron chi connectivity index (χ1n) is 7.61. The lowest BCUT2D eigenvalue weighted by atomic mass is 10.1. The zero-order valence-corrected chi connectivity index (χ0v) is 12.2. The lowest BCUT2D eigenvalue weighted by Gasteiger charge is -2.14. The van der Waals surface area contributed by atoms with E-state index >= 15 is 0 Å². The number of aromatic nitrogens is 1. The Labute approximate surface area is 121 Å². The van der Waals surface area contributed by atoms with E-state index in [4.69, 9.17) is 0 Å². The third kappa shape index (κ3) is 3.17. The van der Waals surface area contributed by atoms with Gasteiger partial charge in [-0.05, 0) is 55.1 Å². The first kappa shape index (κ1) is 13.5. The molecule has 0 aliphatic carbocycles. The van der Waals surface area contributed by atoms with Gasteiger partial charge in [0.1, 0.15) is 0 Å². The summed E-state index contributed by atoms with van der Waals surface area (Å²) in [5, 5.41) is 6.10. The molecule has 1 saturated heterocycles. The lowest BCUT2D eigenvalue weighted by molar-refractivity contribution is 0.339. The number of benzene rings is 1. The smallest absolute Gasteiger partial charge is 0.0346 e. The molecule has 0 bridgehead atoms. The van der Waals surface area contributed by atoms with Crippen molar-refractivity contribution in [3.8, 4) is 0 Å². The molecule has 1 aromatic heterocycles. The lowest BCUT2D eigenvalue weighted by Crippen LogP contribution is -2.26. The topological polar surface area (TPSA) is 28.2 Å². The highest BCUT2D eigenvalue weighted by Crippen LogP contribution is 2.16. The van der Waals surface area contributed by atoms with Gasteiger partial charge in [0.15, 0.2) is 0 Å². The summed E-state index contributed by atoms with van der Waals surface area (Å²) in [4.78, 5) is 6.69. The molecule has 1 aromatic carbocycles. The molecule has 2 heterocycles. The number of nitrogens with one attached hydrogen (secondary N) is 1. The summed E-state index contributed by atoms with van der Waals surface area (Å²) in [5.41, 5.74) is 1.36. The highest BCUT2D eigenvalue weighted by Gasteiger charge is 2.20. The number of likely N-dealkylation sites (tertiary alicyclic amines) is 1. The van der Waals surface area contributed by atoms with Crippen LogP contribution in [0.15, 0.2) is 36.7 Å². The van der Waals surface area contributed by atoms with Crippen molar-refractivity contribution in [1.82, 2.24) is 15.2 Å². The van der Waals surface area contributed by atoms with E-state index in [1.165, 1.54) is 42.4 Å². The van der Waals surface area contributed by atoms with Crippen LogP contribution in [0.25, 0.3) is 10.8 Å². The average molecular weight is 269 g/mol. The Bertz CT molecular complexity index is 567. The number of hydrogen-bond acceptors (Lipinski definition) is 3. The van der Waals surface area contributed by atoms with Gasteiger partial charge in [-0.1, -0.05) is 19.1 Å². The fraction of sp³-hybridized carbons (Fsp3) is 0.471. The van der Waals surface area contributed by atoms with Crippen molar-refractivity contribution in [2.45, 2.75) is 19.9 Å². The van der Waals surface area contributed by atoms with Crippen molar-refractivity contribution in [3.63, 3.8) is 0 Å². The second-order valence-electron chi connectivity index (χ2n) is 5.74. The molecule has 1 aliphatic heterocycles. The van der Waals surface area contributed by atoms with Crippen molar-refractivity contribution in [3.05, 3.63) is 42.2 Å². The van der Waals surface area contributed by atoms with Crippen LogP contribution < -0.4 is 5.32 Å². The molecule has 0 spiro atoms. The van der Waals surface area contributed by atoms with Gasteiger partial charge in [0.05, 0.1) is 0 Å². The number of pyridine rings is 1. The Morgan fingerprint density at radius 2 is 2.25 bits per heavy atom. The predicted octanol–water partition coefficient (Wildman–Crippen LogP) is 2.67. The molecule has 0 radical (unpaired) electrons. The first-order chi connectivity index (χ1) is 9.85. The molecule has 106 valence electrons. The third-order valence-corrected chi connectivity index (χ3v) is 4.28. The highest BCUT2D eigenvalue weighted by molar-refractivity contribution is 5.81. The van der Waals surface area contributed by atoms with Crippen LogP contribution in [0, 0.1) is 5.92 Å². The predicted molar refractivity (Wildman–Crippen MR) is 83.7 cm³/mol. The largest absolute Gasteiger partial charge is 0.312 e. The minimum atomic E-state index is 0.819. The Balaban J connectivity index is 1.52. The van der Waals surface area contributed by atoms with Crippen molar-refractivity contribution in [2.75, 3.05) is 26.2 Å². The Morgan fingerprint density at radius 1 is 1.30 bits per heavy atom. The van der Waals surface area contributed by atoms with E-state index in [1.54, 1.807) is 0 Å². The van der Waals surface area contributed by atoms with Gasteiger partial charge in [-0.15, -0.1) is 0 Å². The van der Waals surface area contributed by atoms with Gasteiger partial charge >= 0.3 is 0 Å². The normalized spacial score (nSPS) is 19.8. The molecule has 1 aliphatic rings. The average Bonchev–Trinajstić information content (AvgIpc) is 2.95. The zero-order chi connectivity index (χ0) is 13.8. The molecule has 1 N–H and O–H groups in total. The van der Waals surface area contributed by atoms with Gasteiger partial charge in [0.2, 0.25) is 0 Å². The van der Waals surface area contributed by atoms with E-state index in [0.717, 1.165) is 19.0 Å². The molecule has 1 atom stereocenters. The Kier molecular flexibility index (Phi) is 4.28. The standard InChI is InChI=1S/C17H23N3/c1-2-20-8-6-15(13-20)11-19-10-14-3-4-17-12-18-7-5-16(17)9-14/h3-5,7,9,12,15,19H,2,6,8,10-11,13H2,1H3. The maximum Gasteiger partial charge on any atom is 0.0346 e. The van der Waals surface area contributed by atoms with Crippen LogP contribution in [0.3, 0.4) is 0 Å². The molecule has 20 heavy (non-hydrogen) atoms. The summed E-state index contributed by atoms with van der Waals surface area (Å²) in [6, 6.07) is 8.70. The van der Waals surface area contributed by atoms with Gasteiger partial charge in [0, 0.05) is 30.9 Å². The molecular weight excluding hydrogens is 246 g/mol. The minimum absolute atomic E-state index is 0.819. The molecule has 1 unspecified atom stereocenters. The van der Waals surface area contributed by atoms with E-state index < -0.39 is 0 Å². The molecular formula is C17H23N3. The van der Waals surface area contributed by atoms with Gasteiger partial charge in [-0.25, -0.2) is 0 Å².